The summed E-state index contributed by atoms with van der Waals surface area (Å²) in [6.07, 6.45) is 1.28. The Balaban J connectivity index is 2.06. The smallest absolute Gasteiger partial charge is 0.232 e. The van der Waals surface area contributed by atoms with Gasteiger partial charge < -0.3 is 30.6 Å². The highest BCUT2D eigenvalue weighted by Gasteiger charge is 2.19. The summed E-state index contributed by atoms with van der Waals surface area (Å²) in [6, 6.07) is 0. The number of aromatic nitrogens is 3. The van der Waals surface area contributed by atoms with E-state index in [0.29, 0.717) is 43.8 Å². The third-order valence-electron chi connectivity index (χ3n) is 3.96. The molecule has 0 atom stereocenters. The van der Waals surface area contributed by atoms with E-state index in [4.69, 9.17) is 10.2 Å². The molecular weight excluding hydrogens is 310 g/mol. The topological polar surface area (TPSA) is 110 Å². The van der Waals surface area contributed by atoms with Crippen LogP contribution in [0.25, 0.3) is 0 Å². The second kappa shape index (κ2) is 10.2. The fourth-order valence-electron chi connectivity index (χ4n) is 2.49. The number of likely N-dealkylation sites (N-methyl/N-ethyl adjacent to an activating group) is 1. The molecule has 1 saturated heterocycles. The van der Waals surface area contributed by atoms with Gasteiger partial charge in [0.25, 0.3) is 0 Å². The second-order valence-corrected chi connectivity index (χ2v) is 5.71. The standard InChI is InChI=1S/C15H29N7O2/c1-2-21-7-9-22(10-8-21)15-19-13(16-5-3-11-23)18-14(20-15)17-6-4-12-24/h23-24H,2-12H2,1H3,(H2,16,17,18,19,20). The van der Waals surface area contributed by atoms with Crippen molar-refractivity contribution in [2.24, 2.45) is 0 Å². The molecule has 0 radical (unpaired) electrons. The SMILES string of the molecule is CCN1CCN(c2nc(NCCCO)nc(NCCCO)n2)CC1. The van der Waals surface area contributed by atoms with Crippen LogP contribution in [0.3, 0.4) is 0 Å². The summed E-state index contributed by atoms with van der Waals surface area (Å²) in [5, 5.41) is 24.1. The number of nitrogens with one attached hydrogen (secondary N) is 2. The number of piperazine rings is 1. The van der Waals surface area contributed by atoms with E-state index in [2.05, 4.69) is 42.3 Å². The Morgan fingerprint density at radius 2 is 1.42 bits per heavy atom. The molecule has 0 aromatic carbocycles. The minimum absolute atomic E-state index is 0.130. The highest BCUT2D eigenvalue weighted by molar-refractivity contribution is 5.44. The minimum Gasteiger partial charge on any atom is -0.396 e. The van der Waals surface area contributed by atoms with Crippen molar-refractivity contribution in [1.82, 2.24) is 19.9 Å². The van der Waals surface area contributed by atoms with E-state index in [9.17, 15) is 0 Å². The van der Waals surface area contributed by atoms with Crippen LogP contribution in [0.1, 0.15) is 19.8 Å². The summed E-state index contributed by atoms with van der Waals surface area (Å²) in [5.41, 5.74) is 0. The summed E-state index contributed by atoms with van der Waals surface area (Å²) in [6.45, 7) is 8.51. The lowest BCUT2D eigenvalue weighted by Gasteiger charge is -2.34. The van der Waals surface area contributed by atoms with Gasteiger partial charge in [-0.15, -0.1) is 0 Å². The third kappa shape index (κ3) is 5.73. The molecule has 24 heavy (non-hydrogen) atoms. The molecular formula is C15H29N7O2. The molecule has 1 aromatic heterocycles. The van der Waals surface area contributed by atoms with E-state index in [1.165, 1.54) is 0 Å². The van der Waals surface area contributed by atoms with Crippen LogP contribution in [-0.2, 0) is 0 Å². The molecule has 4 N–H and O–H groups in total. The van der Waals surface area contributed by atoms with E-state index >= 15 is 0 Å². The monoisotopic (exact) mass is 339 g/mol. The van der Waals surface area contributed by atoms with Gasteiger partial charge in [0, 0.05) is 52.5 Å². The summed E-state index contributed by atoms with van der Waals surface area (Å²) in [7, 11) is 0. The Morgan fingerprint density at radius 3 is 1.88 bits per heavy atom. The number of aliphatic hydroxyl groups excluding tert-OH is 2. The zero-order valence-electron chi connectivity index (χ0n) is 14.4. The highest BCUT2D eigenvalue weighted by atomic mass is 16.3. The fourth-order valence-corrected chi connectivity index (χ4v) is 2.49. The van der Waals surface area contributed by atoms with Crippen molar-refractivity contribution in [3.8, 4) is 0 Å². The van der Waals surface area contributed by atoms with Gasteiger partial charge in [-0.3, -0.25) is 0 Å². The van der Waals surface area contributed by atoms with Crippen molar-refractivity contribution >= 4 is 17.8 Å². The Morgan fingerprint density at radius 1 is 0.875 bits per heavy atom. The Hall–Kier alpha value is -1.71. The van der Waals surface area contributed by atoms with E-state index in [1.807, 2.05) is 0 Å². The van der Waals surface area contributed by atoms with E-state index in [1.54, 1.807) is 0 Å². The van der Waals surface area contributed by atoms with Gasteiger partial charge in [0.05, 0.1) is 0 Å². The lowest BCUT2D eigenvalue weighted by atomic mass is 10.3. The quantitative estimate of drug-likeness (QED) is 0.423. The molecule has 0 aliphatic carbocycles. The van der Waals surface area contributed by atoms with Crippen LogP contribution in [0.4, 0.5) is 17.8 Å². The number of hydrogen-bond donors (Lipinski definition) is 4. The van der Waals surface area contributed by atoms with E-state index in [0.717, 1.165) is 32.7 Å². The molecule has 0 spiro atoms. The van der Waals surface area contributed by atoms with Gasteiger partial charge in [0.1, 0.15) is 0 Å². The van der Waals surface area contributed by atoms with Gasteiger partial charge in [0.2, 0.25) is 17.8 Å². The predicted molar refractivity (Wildman–Crippen MR) is 94.5 cm³/mol. The van der Waals surface area contributed by atoms with Gasteiger partial charge in [-0.1, -0.05) is 6.92 Å². The summed E-state index contributed by atoms with van der Waals surface area (Å²) >= 11 is 0. The molecule has 1 aromatic rings. The summed E-state index contributed by atoms with van der Waals surface area (Å²) < 4.78 is 0. The van der Waals surface area contributed by atoms with Crippen LogP contribution in [0, 0.1) is 0 Å². The number of anilines is 3. The first-order valence-corrected chi connectivity index (χ1v) is 8.69. The van der Waals surface area contributed by atoms with Crippen molar-refractivity contribution in [1.29, 1.82) is 0 Å². The van der Waals surface area contributed by atoms with Gasteiger partial charge in [-0.25, -0.2) is 0 Å². The van der Waals surface area contributed by atoms with Crippen molar-refractivity contribution in [2.45, 2.75) is 19.8 Å². The van der Waals surface area contributed by atoms with Crippen LogP contribution in [0.2, 0.25) is 0 Å². The van der Waals surface area contributed by atoms with Crippen LogP contribution in [-0.4, -0.2) is 89.1 Å². The van der Waals surface area contributed by atoms with Crippen LogP contribution in [0.5, 0.6) is 0 Å². The van der Waals surface area contributed by atoms with E-state index < -0.39 is 0 Å². The van der Waals surface area contributed by atoms with Gasteiger partial charge >= 0.3 is 0 Å². The van der Waals surface area contributed by atoms with Crippen LogP contribution >= 0.6 is 0 Å². The molecule has 1 aliphatic heterocycles. The number of nitrogens with zero attached hydrogens (tertiary/aromatic N) is 5. The maximum Gasteiger partial charge on any atom is 0.232 e. The Kier molecular flexibility index (Phi) is 7.93. The lowest BCUT2D eigenvalue weighted by Crippen LogP contribution is -2.46. The lowest BCUT2D eigenvalue weighted by molar-refractivity contribution is 0.270. The van der Waals surface area contributed by atoms with Gasteiger partial charge in [-0.2, -0.15) is 15.0 Å². The average molecular weight is 339 g/mol. The molecule has 0 unspecified atom stereocenters. The molecule has 136 valence electrons. The molecule has 9 nitrogen and oxygen atoms in total. The molecule has 2 rings (SSSR count). The third-order valence-corrected chi connectivity index (χ3v) is 3.96. The first-order chi connectivity index (χ1) is 11.8. The first-order valence-electron chi connectivity index (χ1n) is 8.69. The average Bonchev–Trinajstić information content (AvgIpc) is 2.62. The maximum absolute atomic E-state index is 8.91. The zero-order valence-corrected chi connectivity index (χ0v) is 14.4. The molecule has 2 heterocycles. The normalized spacial score (nSPS) is 15.5. The number of hydrogen-bond acceptors (Lipinski definition) is 9. The van der Waals surface area contributed by atoms with Gasteiger partial charge in [-0.05, 0) is 19.4 Å². The largest absolute Gasteiger partial charge is 0.396 e. The van der Waals surface area contributed by atoms with Crippen molar-refractivity contribution in [3.05, 3.63) is 0 Å². The van der Waals surface area contributed by atoms with Crippen molar-refractivity contribution in [3.63, 3.8) is 0 Å². The van der Waals surface area contributed by atoms with Crippen LogP contribution in [0.15, 0.2) is 0 Å². The predicted octanol–water partition coefficient (Wildman–Crippen LogP) is -0.398. The maximum atomic E-state index is 8.91. The second-order valence-electron chi connectivity index (χ2n) is 5.71. The number of rotatable bonds is 10. The molecule has 9 heteroatoms. The van der Waals surface area contributed by atoms with Crippen molar-refractivity contribution in [2.75, 3.05) is 74.6 Å². The minimum atomic E-state index is 0.130. The highest BCUT2D eigenvalue weighted by Crippen LogP contribution is 2.15. The van der Waals surface area contributed by atoms with Gasteiger partial charge in [0.15, 0.2) is 0 Å². The summed E-state index contributed by atoms with van der Waals surface area (Å²) in [5.74, 6) is 1.69. The Labute approximate surface area is 143 Å². The molecule has 1 aliphatic rings. The zero-order chi connectivity index (χ0) is 17.2. The molecule has 1 fully saturated rings. The van der Waals surface area contributed by atoms with Crippen LogP contribution < -0.4 is 15.5 Å². The van der Waals surface area contributed by atoms with E-state index in [-0.39, 0.29) is 13.2 Å². The molecule has 0 saturated carbocycles. The fraction of sp³-hybridized carbons (Fsp3) is 0.800. The summed E-state index contributed by atoms with van der Waals surface area (Å²) in [4.78, 5) is 18.0. The number of aliphatic hydroxyl groups is 2. The molecule has 0 amide bonds. The van der Waals surface area contributed by atoms with Crippen molar-refractivity contribution < 1.29 is 10.2 Å². The first kappa shape index (κ1) is 18.6. The molecule has 0 bridgehead atoms. The Bertz CT molecular complexity index is 453.